The summed E-state index contributed by atoms with van der Waals surface area (Å²) in [6.07, 6.45) is 0. The SMILES string of the molecule is CC(C)N(c1ccc(C(=C(C#N)C#N)C(=C(C#N)C#N)C(=C(C#N)C#N)C(=C(C#N)C#N)c2ccc(N(C(C)C)C(C)C)cc2)cc1)C(C)C.ClCCl. The van der Waals surface area contributed by atoms with Crippen molar-refractivity contribution >= 4 is 45.7 Å². The van der Waals surface area contributed by atoms with Crippen molar-refractivity contribution in [1.29, 1.82) is 42.1 Å². The van der Waals surface area contributed by atoms with Crippen molar-refractivity contribution in [2.45, 2.75) is 79.6 Å². The molecular formula is C41H38Cl2N10. The summed E-state index contributed by atoms with van der Waals surface area (Å²) in [6, 6.07) is 28.4. The molecule has 0 aromatic heterocycles. The molecular weight excluding hydrogens is 703 g/mol. The van der Waals surface area contributed by atoms with Crippen LogP contribution in [0.15, 0.2) is 82.0 Å². The normalized spacial score (nSPS) is 9.55. The number of nitriles is 8. The van der Waals surface area contributed by atoms with Crippen LogP contribution in [-0.4, -0.2) is 29.5 Å². The maximum Gasteiger partial charge on any atom is 0.138 e. The number of allylic oxidation sites excluding steroid dienone is 8. The summed E-state index contributed by atoms with van der Waals surface area (Å²) in [4.78, 5) is 4.28. The largest absolute Gasteiger partial charge is 0.367 e. The first-order valence-electron chi connectivity index (χ1n) is 16.3. The van der Waals surface area contributed by atoms with Crippen LogP contribution in [0.1, 0.15) is 66.5 Å². The minimum Gasteiger partial charge on any atom is -0.367 e. The maximum absolute atomic E-state index is 10.3. The van der Waals surface area contributed by atoms with E-state index in [0.29, 0.717) is 0 Å². The van der Waals surface area contributed by atoms with Crippen LogP contribution in [0.3, 0.4) is 0 Å². The molecule has 266 valence electrons. The number of nitrogens with zero attached hydrogens (tertiary/aromatic N) is 10. The van der Waals surface area contributed by atoms with Gasteiger partial charge in [-0.1, -0.05) is 24.3 Å². The topological polar surface area (TPSA) is 197 Å². The van der Waals surface area contributed by atoms with Crippen LogP contribution in [0.25, 0.3) is 11.1 Å². The second-order valence-electron chi connectivity index (χ2n) is 12.3. The average Bonchev–Trinajstić information content (AvgIpc) is 3.12. The molecule has 2 rings (SSSR count). The summed E-state index contributed by atoms with van der Waals surface area (Å²) >= 11 is 9.53. The van der Waals surface area contributed by atoms with Crippen molar-refractivity contribution in [3.05, 3.63) is 93.1 Å². The van der Waals surface area contributed by atoms with E-state index in [1.54, 1.807) is 72.8 Å². The lowest BCUT2D eigenvalue weighted by atomic mass is 9.78. The van der Waals surface area contributed by atoms with Crippen LogP contribution in [0.5, 0.6) is 0 Å². The number of benzene rings is 2. The van der Waals surface area contributed by atoms with E-state index in [-0.39, 0.29) is 51.8 Å². The van der Waals surface area contributed by atoms with Gasteiger partial charge in [-0.05, 0) is 90.8 Å². The van der Waals surface area contributed by atoms with Crippen LogP contribution in [0.2, 0.25) is 0 Å². The van der Waals surface area contributed by atoms with Gasteiger partial charge >= 0.3 is 0 Å². The molecule has 0 saturated carbocycles. The molecule has 2 aromatic carbocycles. The van der Waals surface area contributed by atoms with Gasteiger partial charge in [-0.25, -0.2) is 0 Å². The van der Waals surface area contributed by atoms with Crippen molar-refractivity contribution in [3.8, 4) is 48.6 Å². The second kappa shape index (κ2) is 21.7. The molecule has 2 aromatic rings. The van der Waals surface area contributed by atoms with Crippen LogP contribution in [0.4, 0.5) is 11.4 Å². The molecule has 0 amide bonds. The predicted molar refractivity (Wildman–Crippen MR) is 208 cm³/mol. The summed E-state index contributed by atoms with van der Waals surface area (Å²) in [5.41, 5.74) is -1.50. The van der Waals surface area contributed by atoms with Crippen LogP contribution in [-0.2, 0) is 0 Å². The Hall–Kier alpha value is -6.50. The highest BCUT2D eigenvalue weighted by molar-refractivity contribution is 6.40. The van der Waals surface area contributed by atoms with Gasteiger partial charge in [0, 0.05) is 57.8 Å². The predicted octanol–water partition coefficient (Wildman–Crippen LogP) is 9.34. The molecule has 10 nitrogen and oxygen atoms in total. The van der Waals surface area contributed by atoms with E-state index in [1.807, 2.05) is 79.7 Å². The number of hydrogen-bond donors (Lipinski definition) is 0. The first-order valence-corrected chi connectivity index (χ1v) is 17.4. The van der Waals surface area contributed by atoms with E-state index in [1.165, 1.54) is 0 Å². The van der Waals surface area contributed by atoms with Crippen molar-refractivity contribution in [3.63, 3.8) is 0 Å². The zero-order valence-corrected chi connectivity index (χ0v) is 32.4. The van der Waals surface area contributed by atoms with Crippen molar-refractivity contribution in [2.24, 2.45) is 0 Å². The first kappa shape index (κ1) is 44.5. The molecule has 0 spiro atoms. The number of halogens is 2. The first-order chi connectivity index (χ1) is 25.2. The van der Waals surface area contributed by atoms with Crippen molar-refractivity contribution in [2.75, 3.05) is 15.1 Å². The van der Waals surface area contributed by atoms with Gasteiger partial charge in [0.2, 0.25) is 0 Å². The summed E-state index contributed by atoms with van der Waals surface area (Å²) in [5.74, 6) is 0. The highest BCUT2D eigenvalue weighted by Crippen LogP contribution is 2.43. The minimum absolute atomic E-state index is 0.120. The van der Waals surface area contributed by atoms with Crippen molar-refractivity contribution < 1.29 is 0 Å². The molecule has 0 aliphatic carbocycles. The van der Waals surface area contributed by atoms with E-state index in [4.69, 9.17) is 23.2 Å². The molecule has 0 radical (unpaired) electrons. The number of anilines is 2. The molecule has 0 unspecified atom stereocenters. The fourth-order valence-electron chi connectivity index (χ4n) is 6.11. The summed E-state index contributed by atoms with van der Waals surface area (Å²) in [6.45, 7) is 16.3. The van der Waals surface area contributed by atoms with E-state index in [9.17, 15) is 42.1 Å². The zero-order valence-electron chi connectivity index (χ0n) is 30.9. The maximum atomic E-state index is 10.3. The number of rotatable bonds is 11. The van der Waals surface area contributed by atoms with E-state index in [2.05, 4.69) is 9.80 Å². The van der Waals surface area contributed by atoms with Gasteiger partial charge < -0.3 is 9.80 Å². The third-order valence-electron chi connectivity index (χ3n) is 7.78. The van der Waals surface area contributed by atoms with E-state index >= 15 is 0 Å². The standard InChI is InChI=1S/C40H36N10.CH2Cl2/c1-25(2)49(26(3)4)35-13-9-29(10-14-35)37(31(17-41)18-42)39(33(21-45)22-46)40(34(23-47)24-48)38(32(19-43)20-44)30-11-15-36(16-12-30)50(27(5)6)28(7)8;2-1-3/h9-16,25-28H,1-8H3;1H2. The Balaban J connectivity index is 0.00000452. The van der Waals surface area contributed by atoms with E-state index < -0.39 is 33.4 Å². The monoisotopic (exact) mass is 740 g/mol. The fraction of sp³-hybridized carbons (Fsp3) is 0.317. The Labute approximate surface area is 323 Å². The minimum atomic E-state index is -0.647. The van der Waals surface area contributed by atoms with Gasteiger partial charge in [0.15, 0.2) is 0 Å². The Bertz CT molecular complexity index is 1880. The highest BCUT2D eigenvalue weighted by Gasteiger charge is 2.31. The van der Waals surface area contributed by atoms with Gasteiger partial charge in [0.25, 0.3) is 0 Å². The molecule has 0 bridgehead atoms. The van der Waals surface area contributed by atoms with E-state index in [0.717, 1.165) is 11.4 Å². The van der Waals surface area contributed by atoms with Crippen LogP contribution in [0, 0.1) is 90.6 Å². The molecule has 53 heavy (non-hydrogen) atoms. The summed E-state index contributed by atoms with van der Waals surface area (Å²) < 4.78 is 0. The van der Waals surface area contributed by atoms with Gasteiger partial charge in [-0.3, -0.25) is 0 Å². The van der Waals surface area contributed by atoms with Crippen LogP contribution < -0.4 is 9.80 Å². The lowest BCUT2D eigenvalue weighted by Gasteiger charge is -2.33. The molecule has 0 saturated heterocycles. The van der Waals surface area contributed by atoms with Gasteiger partial charge in [0.1, 0.15) is 70.8 Å². The molecule has 12 heteroatoms. The molecule has 0 aliphatic rings. The smallest absolute Gasteiger partial charge is 0.138 e. The second-order valence-corrected chi connectivity index (χ2v) is 13.1. The molecule has 0 aliphatic heterocycles. The highest BCUT2D eigenvalue weighted by atomic mass is 35.5. The average molecular weight is 742 g/mol. The summed E-state index contributed by atoms with van der Waals surface area (Å²) in [7, 11) is 0. The van der Waals surface area contributed by atoms with Gasteiger partial charge in [0.05, 0.1) is 5.34 Å². The Morgan fingerprint density at radius 2 is 0.642 bits per heavy atom. The lowest BCUT2D eigenvalue weighted by Crippen LogP contribution is -2.36. The van der Waals surface area contributed by atoms with Crippen LogP contribution >= 0.6 is 23.2 Å². The Kier molecular flexibility index (Phi) is 18.2. The molecule has 0 N–H and O–H groups in total. The third kappa shape index (κ3) is 10.7. The summed E-state index contributed by atoms with van der Waals surface area (Å²) in [5, 5.41) is 82.1. The fourth-order valence-corrected chi connectivity index (χ4v) is 6.11. The van der Waals surface area contributed by atoms with Crippen molar-refractivity contribution in [1.82, 2.24) is 0 Å². The van der Waals surface area contributed by atoms with Gasteiger partial charge in [-0.15, -0.1) is 23.2 Å². The quantitative estimate of drug-likeness (QED) is 0.121. The molecule has 0 fully saturated rings. The Morgan fingerprint density at radius 3 is 0.811 bits per heavy atom. The molecule has 0 heterocycles. The van der Waals surface area contributed by atoms with Gasteiger partial charge in [-0.2, -0.15) is 42.1 Å². The number of alkyl halides is 2. The third-order valence-corrected chi connectivity index (χ3v) is 7.78. The zero-order chi connectivity index (χ0) is 40.4. The number of hydrogen-bond acceptors (Lipinski definition) is 10. The molecule has 0 atom stereocenters. The lowest BCUT2D eigenvalue weighted by molar-refractivity contribution is 0.608. The Morgan fingerprint density at radius 1 is 0.434 bits per heavy atom.